The van der Waals surface area contributed by atoms with E-state index < -0.39 is 5.76 Å². The number of carbonyl (C=O) groups excluding carboxylic acids is 1. The van der Waals surface area contributed by atoms with Crippen molar-refractivity contribution in [3.05, 3.63) is 34.3 Å². The van der Waals surface area contributed by atoms with E-state index >= 15 is 0 Å². The molecule has 2 saturated carbocycles. The van der Waals surface area contributed by atoms with Gasteiger partial charge in [-0.2, -0.15) is 0 Å². The largest absolute Gasteiger partial charge is 0.417 e. The highest BCUT2D eigenvalue weighted by molar-refractivity contribution is 5.77. The molecule has 0 bridgehead atoms. The molecule has 0 radical (unpaired) electrons. The van der Waals surface area contributed by atoms with Crippen molar-refractivity contribution in [1.29, 1.82) is 0 Å². The molecule has 1 aromatic carbocycles. The maximum Gasteiger partial charge on any atom is 0.417 e. The third-order valence-corrected chi connectivity index (χ3v) is 5.83. The second-order valence-corrected chi connectivity index (χ2v) is 7.58. The predicted molar refractivity (Wildman–Crippen MR) is 95.5 cm³/mol. The first-order chi connectivity index (χ1) is 12.1. The van der Waals surface area contributed by atoms with Gasteiger partial charge in [0.05, 0.1) is 11.6 Å². The number of rotatable bonds is 4. The minimum Gasteiger partial charge on any atom is -0.408 e. The average Bonchev–Trinajstić information content (AvgIpc) is 3.27. The first-order valence-corrected chi connectivity index (χ1v) is 9.27. The van der Waals surface area contributed by atoms with Gasteiger partial charge in [0.2, 0.25) is 0 Å². The summed E-state index contributed by atoms with van der Waals surface area (Å²) in [5.74, 6) is 0.168. The van der Waals surface area contributed by atoms with Crippen molar-refractivity contribution < 1.29 is 9.21 Å². The van der Waals surface area contributed by atoms with Gasteiger partial charge in [-0.1, -0.05) is 25.3 Å². The summed E-state index contributed by atoms with van der Waals surface area (Å²) < 4.78 is 5.09. The Morgan fingerprint density at radius 1 is 1.28 bits per heavy atom. The minimum absolute atomic E-state index is 0.0294. The quantitative estimate of drug-likeness (QED) is 0.793. The van der Waals surface area contributed by atoms with Crippen LogP contribution in [0.2, 0.25) is 0 Å². The molecule has 134 valence electrons. The van der Waals surface area contributed by atoms with Crippen molar-refractivity contribution in [3.63, 3.8) is 0 Å². The van der Waals surface area contributed by atoms with E-state index in [4.69, 9.17) is 4.42 Å². The lowest BCUT2D eigenvalue weighted by atomic mass is 9.82. The van der Waals surface area contributed by atoms with E-state index in [0.717, 1.165) is 18.4 Å². The van der Waals surface area contributed by atoms with Crippen LogP contribution < -0.4 is 16.4 Å². The maximum atomic E-state index is 12.5. The number of carbonyl (C=O) groups is 1. The lowest BCUT2D eigenvalue weighted by Crippen LogP contribution is -2.48. The number of aromatic amines is 1. The van der Waals surface area contributed by atoms with Gasteiger partial charge in [-0.3, -0.25) is 4.98 Å². The predicted octanol–water partition coefficient (Wildman–Crippen LogP) is 3.59. The number of hydrogen-bond donors (Lipinski definition) is 3. The van der Waals surface area contributed by atoms with Gasteiger partial charge in [0.15, 0.2) is 5.58 Å². The number of H-pyrrole nitrogens is 1. The van der Waals surface area contributed by atoms with Crippen LogP contribution in [0.25, 0.3) is 11.1 Å². The van der Waals surface area contributed by atoms with E-state index in [1.807, 2.05) is 13.0 Å². The van der Waals surface area contributed by atoms with Gasteiger partial charge >= 0.3 is 11.8 Å². The van der Waals surface area contributed by atoms with Crippen molar-refractivity contribution >= 4 is 17.1 Å². The highest BCUT2D eigenvalue weighted by atomic mass is 16.4. The summed E-state index contributed by atoms with van der Waals surface area (Å²) in [5.41, 5.74) is 2.12. The number of amides is 2. The normalized spacial score (nSPS) is 21.0. The van der Waals surface area contributed by atoms with Gasteiger partial charge in [-0.05, 0) is 56.2 Å². The van der Waals surface area contributed by atoms with Crippen LogP contribution in [0.3, 0.4) is 0 Å². The van der Waals surface area contributed by atoms with Crippen molar-refractivity contribution in [2.24, 2.45) is 5.92 Å². The van der Waals surface area contributed by atoms with Crippen LogP contribution in [0.15, 0.2) is 27.4 Å². The Balaban J connectivity index is 1.40. The summed E-state index contributed by atoms with van der Waals surface area (Å²) in [6.45, 7) is 1.94. The number of fused-ring (bicyclic) bond motifs is 1. The number of aromatic nitrogens is 1. The number of hydrogen-bond acceptors (Lipinski definition) is 3. The van der Waals surface area contributed by atoms with Gasteiger partial charge in [0, 0.05) is 5.54 Å². The first kappa shape index (κ1) is 16.2. The molecule has 1 aromatic heterocycles. The molecule has 0 aliphatic heterocycles. The Morgan fingerprint density at radius 2 is 2.04 bits per heavy atom. The molecule has 6 heteroatoms. The molecule has 4 rings (SSSR count). The number of benzene rings is 1. The SMILES string of the molecule is CC(NC(=O)NC1(C2CCCCC2)CC1)c1ccc2[nH]c(=O)oc2c1. The van der Waals surface area contributed by atoms with Crippen LogP contribution in [0.4, 0.5) is 4.79 Å². The fourth-order valence-electron chi connectivity index (χ4n) is 4.20. The van der Waals surface area contributed by atoms with Crippen molar-refractivity contribution in [2.75, 3.05) is 0 Å². The molecule has 3 N–H and O–H groups in total. The van der Waals surface area contributed by atoms with Gasteiger partial charge in [-0.25, -0.2) is 9.59 Å². The zero-order valence-electron chi connectivity index (χ0n) is 14.6. The fourth-order valence-corrected chi connectivity index (χ4v) is 4.20. The molecule has 1 heterocycles. The summed E-state index contributed by atoms with van der Waals surface area (Å²) in [6.07, 6.45) is 8.56. The Labute approximate surface area is 146 Å². The minimum atomic E-state index is -0.464. The summed E-state index contributed by atoms with van der Waals surface area (Å²) in [6, 6.07) is 5.23. The number of nitrogens with one attached hydrogen (secondary N) is 3. The van der Waals surface area contributed by atoms with Crippen molar-refractivity contribution in [1.82, 2.24) is 15.6 Å². The zero-order chi connectivity index (χ0) is 17.4. The van der Waals surface area contributed by atoms with Crippen molar-refractivity contribution in [3.8, 4) is 0 Å². The number of urea groups is 1. The molecular weight excluding hydrogens is 318 g/mol. The molecule has 2 amide bonds. The molecule has 2 aliphatic rings. The second-order valence-electron chi connectivity index (χ2n) is 7.58. The van der Waals surface area contributed by atoms with Crippen LogP contribution in [-0.2, 0) is 0 Å². The Morgan fingerprint density at radius 3 is 2.76 bits per heavy atom. The fraction of sp³-hybridized carbons (Fsp3) is 0.579. The van der Waals surface area contributed by atoms with E-state index in [2.05, 4.69) is 15.6 Å². The monoisotopic (exact) mass is 343 g/mol. The molecular formula is C19H25N3O3. The summed E-state index contributed by atoms with van der Waals surface area (Å²) in [4.78, 5) is 26.4. The summed E-state index contributed by atoms with van der Waals surface area (Å²) >= 11 is 0. The van der Waals surface area contributed by atoms with Crippen LogP contribution in [0.1, 0.15) is 63.5 Å². The van der Waals surface area contributed by atoms with Gasteiger partial charge < -0.3 is 15.1 Å². The molecule has 1 atom stereocenters. The van der Waals surface area contributed by atoms with Crippen LogP contribution in [-0.4, -0.2) is 16.6 Å². The van der Waals surface area contributed by atoms with Crippen LogP contribution >= 0.6 is 0 Å². The third kappa shape index (κ3) is 3.30. The Kier molecular flexibility index (Phi) is 4.06. The topological polar surface area (TPSA) is 87.1 Å². The summed E-state index contributed by atoms with van der Waals surface area (Å²) in [5, 5.41) is 6.27. The highest BCUT2D eigenvalue weighted by Gasteiger charge is 2.50. The van der Waals surface area contributed by atoms with Gasteiger partial charge in [0.1, 0.15) is 0 Å². The zero-order valence-corrected chi connectivity index (χ0v) is 14.6. The Bertz CT molecular complexity index is 828. The lowest BCUT2D eigenvalue weighted by Gasteiger charge is -2.31. The lowest BCUT2D eigenvalue weighted by molar-refractivity contribution is 0.212. The first-order valence-electron chi connectivity index (χ1n) is 9.27. The summed E-state index contributed by atoms with van der Waals surface area (Å²) in [7, 11) is 0. The molecule has 2 aliphatic carbocycles. The third-order valence-electron chi connectivity index (χ3n) is 5.83. The van der Waals surface area contributed by atoms with E-state index in [1.54, 1.807) is 12.1 Å². The molecule has 25 heavy (non-hydrogen) atoms. The van der Waals surface area contributed by atoms with E-state index in [9.17, 15) is 9.59 Å². The van der Waals surface area contributed by atoms with Gasteiger partial charge in [0.25, 0.3) is 0 Å². The molecule has 6 nitrogen and oxygen atoms in total. The molecule has 0 saturated heterocycles. The smallest absolute Gasteiger partial charge is 0.408 e. The molecule has 2 aromatic rings. The second kappa shape index (κ2) is 6.24. The van der Waals surface area contributed by atoms with E-state index in [1.165, 1.54) is 32.1 Å². The van der Waals surface area contributed by atoms with Crippen LogP contribution in [0, 0.1) is 5.92 Å². The Hall–Kier alpha value is -2.24. The van der Waals surface area contributed by atoms with Gasteiger partial charge in [-0.15, -0.1) is 0 Å². The number of oxazole rings is 1. The van der Waals surface area contributed by atoms with E-state index in [-0.39, 0.29) is 17.6 Å². The average molecular weight is 343 g/mol. The molecule has 0 spiro atoms. The van der Waals surface area contributed by atoms with E-state index in [0.29, 0.717) is 17.0 Å². The standard InChI is InChI=1S/C19H25N3O3/c1-12(13-7-8-15-16(11-13)25-18(24)21-15)20-17(23)22-19(9-10-19)14-5-3-2-4-6-14/h7-8,11-12,14H,2-6,9-10H2,1H3,(H,21,24)(H2,20,22,23). The van der Waals surface area contributed by atoms with Crippen molar-refractivity contribution in [2.45, 2.75) is 63.5 Å². The highest BCUT2D eigenvalue weighted by Crippen LogP contribution is 2.48. The molecule has 1 unspecified atom stereocenters. The van der Waals surface area contributed by atoms with Crippen LogP contribution in [0.5, 0.6) is 0 Å². The maximum absolute atomic E-state index is 12.5. The molecule has 2 fully saturated rings.